The van der Waals surface area contributed by atoms with Crippen molar-refractivity contribution in [2.45, 2.75) is 26.3 Å². The maximum Gasteiger partial charge on any atom is 0.330 e. The van der Waals surface area contributed by atoms with E-state index in [-0.39, 0.29) is 11.8 Å². The van der Waals surface area contributed by atoms with E-state index < -0.39 is 16.8 Å². The molecule has 1 N–H and O–H groups in total. The van der Waals surface area contributed by atoms with Gasteiger partial charge in [0, 0.05) is 33.3 Å². The highest BCUT2D eigenvalue weighted by Crippen LogP contribution is 2.17. The molecule has 0 bridgehead atoms. The molecule has 0 aliphatic carbocycles. The molecule has 0 aliphatic heterocycles. The monoisotopic (exact) mass is 333 g/mol. The predicted octanol–water partition coefficient (Wildman–Crippen LogP) is 0.00860. The van der Waals surface area contributed by atoms with Gasteiger partial charge in [-0.3, -0.25) is 14.2 Å². The number of nitrogens with one attached hydrogen (secondary N) is 1. The Bertz CT molecular complexity index is 917. The number of rotatable bonds is 4. The van der Waals surface area contributed by atoms with Crippen molar-refractivity contribution in [2.24, 2.45) is 14.1 Å². The second-order valence-corrected chi connectivity index (χ2v) is 5.94. The standard InChI is InChI=1S/C15H19N5O4/c1-9(21)17-15(2,3)13-16-11(24-18-13)7-6-10-8-19(4)14(23)20(5)12(10)22/h6-8H,1-5H3,(H,17,21)/b7-6+. The zero-order valence-electron chi connectivity index (χ0n) is 14.2. The van der Waals surface area contributed by atoms with E-state index in [1.165, 1.54) is 36.9 Å². The molecule has 0 atom stereocenters. The summed E-state index contributed by atoms with van der Waals surface area (Å²) in [6.45, 7) is 4.89. The van der Waals surface area contributed by atoms with Crippen molar-refractivity contribution < 1.29 is 9.32 Å². The van der Waals surface area contributed by atoms with Crippen LogP contribution in [0.3, 0.4) is 0 Å². The topological polar surface area (TPSA) is 112 Å². The highest BCUT2D eigenvalue weighted by atomic mass is 16.5. The van der Waals surface area contributed by atoms with Gasteiger partial charge in [0.05, 0.1) is 11.1 Å². The summed E-state index contributed by atoms with van der Waals surface area (Å²) < 4.78 is 7.42. The summed E-state index contributed by atoms with van der Waals surface area (Å²) in [6.07, 6.45) is 4.39. The minimum Gasteiger partial charge on any atom is -0.344 e. The first-order valence-electron chi connectivity index (χ1n) is 7.19. The molecule has 0 aliphatic rings. The second kappa shape index (κ2) is 6.26. The van der Waals surface area contributed by atoms with E-state index >= 15 is 0 Å². The van der Waals surface area contributed by atoms with Gasteiger partial charge in [0.2, 0.25) is 5.91 Å². The molecule has 0 fully saturated rings. The smallest absolute Gasteiger partial charge is 0.330 e. The lowest BCUT2D eigenvalue weighted by atomic mass is 10.1. The van der Waals surface area contributed by atoms with Gasteiger partial charge in [0.1, 0.15) is 0 Å². The summed E-state index contributed by atoms with van der Waals surface area (Å²) >= 11 is 0. The van der Waals surface area contributed by atoms with Gasteiger partial charge in [-0.25, -0.2) is 4.79 Å². The maximum absolute atomic E-state index is 12.0. The summed E-state index contributed by atoms with van der Waals surface area (Å²) in [6, 6.07) is 0. The van der Waals surface area contributed by atoms with E-state index in [0.717, 1.165) is 4.57 Å². The zero-order valence-corrected chi connectivity index (χ0v) is 14.2. The number of aromatic nitrogens is 4. The lowest BCUT2D eigenvalue weighted by Gasteiger charge is -2.20. The molecule has 24 heavy (non-hydrogen) atoms. The van der Waals surface area contributed by atoms with E-state index in [9.17, 15) is 14.4 Å². The Balaban J connectivity index is 2.31. The fourth-order valence-corrected chi connectivity index (χ4v) is 2.16. The number of hydrogen-bond acceptors (Lipinski definition) is 6. The van der Waals surface area contributed by atoms with Gasteiger partial charge in [-0.15, -0.1) is 0 Å². The van der Waals surface area contributed by atoms with Crippen molar-refractivity contribution in [1.29, 1.82) is 0 Å². The van der Waals surface area contributed by atoms with Crippen LogP contribution in [-0.2, 0) is 24.4 Å². The molecule has 0 spiro atoms. The summed E-state index contributed by atoms with van der Waals surface area (Å²) in [5.74, 6) is 0.278. The summed E-state index contributed by atoms with van der Waals surface area (Å²) in [5.41, 5.74) is -1.31. The fraction of sp³-hybridized carbons (Fsp3) is 0.400. The molecule has 0 radical (unpaired) electrons. The van der Waals surface area contributed by atoms with Crippen LogP contribution in [0.25, 0.3) is 12.2 Å². The fourth-order valence-electron chi connectivity index (χ4n) is 2.16. The third kappa shape index (κ3) is 3.50. The number of hydrogen-bond donors (Lipinski definition) is 1. The van der Waals surface area contributed by atoms with Crippen molar-refractivity contribution in [3.8, 4) is 0 Å². The van der Waals surface area contributed by atoms with Gasteiger partial charge < -0.3 is 14.4 Å². The van der Waals surface area contributed by atoms with E-state index in [1.807, 2.05) is 0 Å². The second-order valence-electron chi connectivity index (χ2n) is 5.94. The highest BCUT2D eigenvalue weighted by Gasteiger charge is 2.27. The first kappa shape index (κ1) is 17.4. The number of amides is 1. The Morgan fingerprint density at radius 2 is 1.96 bits per heavy atom. The molecule has 9 nitrogen and oxygen atoms in total. The largest absolute Gasteiger partial charge is 0.344 e. The van der Waals surface area contributed by atoms with Gasteiger partial charge in [-0.1, -0.05) is 5.16 Å². The van der Waals surface area contributed by atoms with Crippen LogP contribution in [0.4, 0.5) is 0 Å². The number of carbonyl (C=O) groups is 1. The molecule has 0 aromatic carbocycles. The van der Waals surface area contributed by atoms with Crippen molar-refractivity contribution in [1.82, 2.24) is 24.6 Å². The van der Waals surface area contributed by atoms with E-state index in [2.05, 4.69) is 15.5 Å². The molecule has 0 saturated heterocycles. The quantitative estimate of drug-likeness (QED) is 0.843. The Labute approximate surface area is 137 Å². The Kier molecular flexibility index (Phi) is 4.54. The van der Waals surface area contributed by atoms with E-state index in [0.29, 0.717) is 11.4 Å². The minimum absolute atomic E-state index is 0.180. The van der Waals surface area contributed by atoms with Crippen LogP contribution in [0.5, 0.6) is 0 Å². The van der Waals surface area contributed by atoms with Crippen LogP contribution < -0.4 is 16.6 Å². The molecular formula is C15H19N5O4. The van der Waals surface area contributed by atoms with E-state index in [4.69, 9.17) is 4.52 Å². The predicted molar refractivity (Wildman–Crippen MR) is 87.0 cm³/mol. The van der Waals surface area contributed by atoms with E-state index in [1.54, 1.807) is 20.9 Å². The summed E-state index contributed by atoms with van der Waals surface area (Å²) in [7, 11) is 2.96. The molecule has 2 heterocycles. The molecular weight excluding hydrogens is 314 g/mol. The summed E-state index contributed by atoms with van der Waals surface area (Å²) in [4.78, 5) is 39.1. The van der Waals surface area contributed by atoms with Crippen LogP contribution in [0, 0.1) is 0 Å². The van der Waals surface area contributed by atoms with Crippen LogP contribution >= 0.6 is 0 Å². The van der Waals surface area contributed by atoms with Crippen LogP contribution in [0.1, 0.15) is 38.0 Å². The Hall–Kier alpha value is -2.97. The molecule has 2 rings (SSSR count). The van der Waals surface area contributed by atoms with Crippen molar-refractivity contribution >= 4 is 18.1 Å². The Morgan fingerprint density at radius 1 is 1.29 bits per heavy atom. The molecule has 2 aromatic heterocycles. The molecule has 9 heteroatoms. The van der Waals surface area contributed by atoms with Gasteiger partial charge in [0.15, 0.2) is 5.82 Å². The average Bonchev–Trinajstić information content (AvgIpc) is 2.96. The van der Waals surface area contributed by atoms with Crippen LogP contribution in [0.2, 0.25) is 0 Å². The average molecular weight is 333 g/mol. The molecule has 2 aromatic rings. The van der Waals surface area contributed by atoms with Gasteiger partial charge in [-0.2, -0.15) is 4.98 Å². The Morgan fingerprint density at radius 3 is 2.58 bits per heavy atom. The third-order valence-corrected chi connectivity index (χ3v) is 3.37. The third-order valence-electron chi connectivity index (χ3n) is 3.37. The summed E-state index contributed by atoms with van der Waals surface area (Å²) in [5, 5.41) is 6.55. The number of carbonyl (C=O) groups excluding carboxylic acids is 1. The van der Waals surface area contributed by atoms with Gasteiger partial charge in [-0.05, 0) is 19.9 Å². The number of aryl methyl sites for hydroxylation is 1. The maximum atomic E-state index is 12.0. The molecule has 0 unspecified atom stereocenters. The highest BCUT2D eigenvalue weighted by molar-refractivity contribution is 5.73. The first-order chi connectivity index (χ1) is 11.1. The van der Waals surface area contributed by atoms with Gasteiger partial charge >= 0.3 is 5.69 Å². The lowest BCUT2D eigenvalue weighted by molar-refractivity contribution is -0.120. The van der Waals surface area contributed by atoms with Crippen LogP contribution in [-0.4, -0.2) is 25.2 Å². The van der Waals surface area contributed by atoms with Gasteiger partial charge in [0.25, 0.3) is 11.4 Å². The van der Waals surface area contributed by atoms with Crippen molar-refractivity contribution in [3.05, 3.63) is 44.3 Å². The molecule has 1 amide bonds. The molecule has 128 valence electrons. The lowest BCUT2D eigenvalue weighted by Crippen LogP contribution is -2.40. The minimum atomic E-state index is -0.784. The molecule has 0 saturated carbocycles. The zero-order chi connectivity index (χ0) is 18.1. The SMILES string of the molecule is CC(=O)NC(C)(C)c1noc(/C=C/c2cn(C)c(=O)n(C)c2=O)n1. The van der Waals surface area contributed by atoms with Crippen LogP contribution in [0.15, 0.2) is 20.3 Å². The van der Waals surface area contributed by atoms with Crippen molar-refractivity contribution in [2.75, 3.05) is 0 Å². The first-order valence-corrected chi connectivity index (χ1v) is 7.19. The van der Waals surface area contributed by atoms with Crippen molar-refractivity contribution in [3.63, 3.8) is 0 Å². The normalized spacial score (nSPS) is 11.9. The number of nitrogens with zero attached hydrogens (tertiary/aromatic N) is 4.